The molecule has 1 heterocycles. The summed E-state index contributed by atoms with van der Waals surface area (Å²) >= 11 is 0. The summed E-state index contributed by atoms with van der Waals surface area (Å²) < 4.78 is 4.95. The predicted molar refractivity (Wildman–Crippen MR) is 87.2 cm³/mol. The van der Waals surface area contributed by atoms with Gasteiger partial charge in [0.2, 0.25) is 11.8 Å². The van der Waals surface area contributed by atoms with Crippen molar-refractivity contribution in [3.05, 3.63) is 42.0 Å². The Hall–Kier alpha value is -2.43. The second-order valence-electron chi connectivity index (χ2n) is 6.90. The van der Waals surface area contributed by atoms with Crippen molar-refractivity contribution in [1.82, 2.24) is 0 Å². The van der Waals surface area contributed by atoms with Gasteiger partial charge >= 0.3 is 5.97 Å². The van der Waals surface area contributed by atoms with E-state index in [9.17, 15) is 14.4 Å². The molecule has 1 saturated carbocycles. The Kier molecular flexibility index (Phi) is 3.17. The Morgan fingerprint density at radius 2 is 1.96 bits per heavy atom. The number of ether oxygens (including phenoxy) is 1. The maximum Gasteiger partial charge on any atom is 0.338 e. The number of hydrogen-bond acceptors (Lipinski definition) is 4. The molecule has 1 aromatic rings. The molecule has 4 atom stereocenters. The molecule has 0 unspecified atom stereocenters. The van der Waals surface area contributed by atoms with Gasteiger partial charge in [-0.25, -0.2) is 9.69 Å². The van der Waals surface area contributed by atoms with Crippen molar-refractivity contribution in [2.75, 3.05) is 11.5 Å². The van der Waals surface area contributed by atoms with Crippen molar-refractivity contribution in [3.63, 3.8) is 0 Å². The third-order valence-corrected chi connectivity index (χ3v) is 5.75. The molecule has 2 fully saturated rings. The summed E-state index contributed by atoms with van der Waals surface area (Å²) in [5, 5.41) is 0. The third-order valence-electron chi connectivity index (χ3n) is 5.75. The van der Waals surface area contributed by atoms with Crippen molar-refractivity contribution in [2.24, 2.45) is 23.2 Å². The topological polar surface area (TPSA) is 63.7 Å². The Balaban J connectivity index is 1.65. The highest BCUT2D eigenvalue weighted by atomic mass is 16.5. The fourth-order valence-electron chi connectivity index (χ4n) is 4.51. The summed E-state index contributed by atoms with van der Waals surface area (Å²) in [6.07, 6.45) is 5.06. The van der Waals surface area contributed by atoms with Crippen LogP contribution >= 0.6 is 0 Å². The van der Waals surface area contributed by atoms with Crippen molar-refractivity contribution >= 4 is 23.5 Å². The van der Waals surface area contributed by atoms with E-state index < -0.39 is 11.4 Å². The molecule has 2 amide bonds. The summed E-state index contributed by atoms with van der Waals surface area (Å²) in [5.74, 6) is -0.603. The number of esters is 1. The molecule has 0 spiro atoms. The average Bonchev–Trinajstić information content (AvgIpc) is 3.20. The molecule has 3 aliphatic rings. The maximum absolute atomic E-state index is 13.0. The maximum atomic E-state index is 13.0. The summed E-state index contributed by atoms with van der Waals surface area (Å²) in [6.45, 7) is 3.97. The van der Waals surface area contributed by atoms with Crippen LogP contribution in [0.3, 0.4) is 0 Å². The van der Waals surface area contributed by atoms with E-state index in [4.69, 9.17) is 4.74 Å². The highest BCUT2D eigenvalue weighted by Crippen LogP contribution is 2.60. The van der Waals surface area contributed by atoms with Crippen molar-refractivity contribution in [2.45, 2.75) is 20.3 Å². The molecule has 2 bridgehead atoms. The average molecular weight is 325 g/mol. The smallest absolute Gasteiger partial charge is 0.338 e. The lowest BCUT2D eigenvalue weighted by molar-refractivity contribution is -0.127. The van der Waals surface area contributed by atoms with Gasteiger partial charge in [-0.2, -0.15) is 0 Å². The Labute approximate surface area is 140 Å². The van der Waals surface area contributed by atoms with Crippen molar-refractivity contribution in [1.29, 1.82) is 0 Å². The molecule has 1 aromatic carbocycles. The van der Waals surface area contributed by atoms with Crippen LogP contribution in [0.25, 0.3) is 0 Å². The molecule has 2 aliphatic carbocycles. The first kappa shape index (κ1) is 15.1. The van der Waals surface area contributed by atoms with E-state index in [0.717, 1.165) is 6.42 Å². The third kappa shape index (κ3) is 1.78. The number of imide groups is 1. The molecular weight excluding hydrogens is 306 g/mol. The zero-order chi connectivity index (χ0) is 17.1. The van der Waals surface area contributed by atoms with Gasteiger partial charge in [-0.15, -0.1) is 0 Å². The minimum Gasteiger partial charge on any atom is -0.462 e. The number of nitrogens with zero attached hydrogens (tertiary/aromatic N) is 1. The highest BCUT2D eigenvalue weighted by Gasteiger charge is 2.67. The molecule has 24 heavy (non-hydrogen) atoms. The molecular formula is C19H19NO4. The van der Waals surface area contributed by atoms with Crippen LogP contribution in [0, 0.1) is 23.2 Å². The van der Waals surface area contributed by atoms with Crippen LogP contribution in [0.1, 0.15) is 30.6 Å². The first-order valence-corrected chi connectivity index (χ1v) is 8.32. The predicted octanol–water partition coefficient (Wildman–Crippen LogP) is 2.56. The number of allylic oxidation sites excluding steroid dienone is 2. The van der Waals surface area contributed by atoms with Crippen LogP contribution in [-0.4, -0.2) is 24.4 Å². The fraction of sp³-hybridized carbons (Fsp3) is 0.421. The minimum absolute atomic E-state index is 0.122. The van der Waals surface area contributed by atoms with Gasteiger partial charge in [0.05, 0.1) is 29.2 Å². The minimum atomic E-state index is -0.629. The van der Waals surface area contributed by atoms with Gasteiger partial charge in [0, 0.05) is 0 Å². The summed E-state index contributed by atoms with van der Waals surface area (Å²) in [4.78, 5) is 38.9. The molecule has 0 N–H and O–H groups in total. The van der Waals surface area contributed by atoms with Crippen LogP contribution < -0.4 is 4.90 Å². The van der Waals surface area contributed by atoms with Gasteiger partial charge in [-0.05, 0) is 56.4 Å². The normalized spacial score (nSPS) is 33.2. The van der Waals surface area contributed by atoms with Crippen LogP contribution in [0.5, 0.6) is 0 Å². The standard InChI is InChI=1S/C19H19NO4/c1-3-24-17(22)11-5-8-14(9-6-11)20-16(21)15-12-4-7-13(10-12)19(15,2)18(20)23/h4-9,12-13,15H,3,10H2,1-2H3/t12-,13+,15-,19+/m1/s1. The van der Waals surface area contributed by atoms with E-state index in [1.807, 2.05) is 6.92 Å². The van der Waals surface area contributed by atoms with E-state index in [0.29, 0.717) is 17.9 Å². The van der Waals surface area contributed by atoms with Gasteiger partial charge in [0.1, 0.15) is 0 Å². The first-order valence-electron chi connectivity index (χ1n) is 8.32. The number of benzene rings is 1. The van der Waals surface area contributed by atoms with Crippen LogP contribution in [0.4, 0.5) is 5.69 Å². The zero-order valence-electron chi connectivity index (χ0n) is 13.7. The van der Waals surface area contributed by atoms with Gasteiger partial charge in [-0.1, -0.05) is 12.2 Å². The number of amides is 2. The van der Waals surface area contributed by atoms with Crippen LogP contribution in [-0.2, 0) is 14.3 Å². The lowest BCUT2D eigenvalue weighted by atomic mass is 9.71. The monoisotopic (exact) mass is 325 g/mol. The van der Waals surface area contributed by atoms with Gasteiger partial charge in [0.25, 0.3) is 0 Å². The van der Waals surface area contributed by atoms with E-state index in [2.05, 4.69) is 12.2 Å². The molecule has 5 nitrogen and oxygen atoms in total. The van der Waals surface area contributed by atoms with Gasteiger partial charge < -0.3 is 4.74 Å². The lowest BCUT2D eigenvalue weighted by Gasteiger charge is -2.28. The van der Waals surface area contributed by atoms with Crippen LogP contribution in [0.15, 0.2) is 36.4 Å². The molecule has 0 radical (unpaired) electrons. The largest absolute Gasteiger partial charge is 0.462 e. The number of anilines is 1. The molecule has 0 aromatic heterocycles. The lowest BCUT2D eigenvalue weighted by Crippen LogP contribution is -2.37. The Bertz CT molecular complexity index is 766. The Morgan fingerprint density at radius 3 is 2.58 bits per heavy atom. The van der Waals surface area contributed by atoms with Crippen molar-refractivity contribution in [3.8, 4) is 0 Å². The summed E-state index contributed by atoms with van der Waals surface area (Å²) in [7, 11) is 0. The van der Waals surface area contributed by atoms with Gasteiger partial charge in [-0.3, -0.25) is 9.59 Å². The Morgan fingerprint density at radius 1 is 1.25 bits per heavy atom. The molecule has 1 saturated heterocycles. The molecule has 1 aliphatic heterocycles. The number of rotatable bonds is 3. The van der Waals surface area contributed by atoms with E-state index in [1.54, 1.807) is 31.2 Å². The highest BCUT2D eigenvalue weighted by molar-refractivity contribution is 6.24. The number of hydrogen-bond donors (Lipinski definition) is 0. The van der Waals surface area contributed by atoms with E-state index in [1.165, 1.54) is 4.90 Å². The fourth-order valence-corrected chi connectivity index (χ4v) is 4.51. The SMILES string of the molecule is CCOC(=O)c1ccc(N2C(=O)[C@H]3[C@@H]4C=C[C@@H](C4)[C@]3(C)C2=O)cc1. The number of fused-ring (bicyclic) bond motifs is 5. The molecule has 124 valence electrons. The van der Waals surface area contributed by atoms with E-state index in [-0.39, 0.29) is 29.6 Å². The number of carbonyl (C=O) groups is 3. The number of carbonyl (C=O) groups excluding carboxylic acids is 3. The summed E-state index contributed by atoms with van der Waals surface area (Å²) in [5.41, 5.74) is 0.303. The first-order chi connectivity index (χ1) is 11.5. The molecule has 5 heteroatoms. The van der Waals surface area contributed by atoms with Gasteiger partial charge in [0.15, 0.2) is 0 Å². The molecule has 4 rings (SSSR count). The van der Waals surface area contributed by atoms with E-state index >= 15 is 0 Å². The summed E-state index contributed by atoms with van der Waals surface area (Å²) in [6, 6.07) is 6.47. The van der Waals surface area contributed by atoms with Crippen molar-refractivity contribution < 1.29 is 19.1 Å². The second kappa shape index (κ2) is 5.03. The van der Waals surface area contributed by atoms with Crippen LogP contribution in [0.2, 0.25) is 0 Å². The quantitative estimate of drug-likeness (QED) is 0.487. The zero-order valence-corrected chi connectivity index (χ0v) is 13.7. The second-order valence-corrected chi connectivity index (χ2v) is 6.90.